The number of rotatable bonds is 4. The second kappa shape index (κ2) is 11.0. The van der Waals surface area contributed by atoms with Crippen LogP contribution >= 0.6 is 0 Å². The molecular weight excluding hydrogens is 597 g/mol. The Morgan fingerprint density at radius 2 is 0.837 bits per heavy atom. The molecule has 228 valence electrons. The zero-order chi connectivity index (χ0) is 32.3. The Kier molecular flexibility index (Phi) is 6.15. The van der Waals surface area contributed by atoms with Crippen LogP contribution in [-0.2, 0) is 0 Å². The van der Waals surface area contributed by atoms with Crippen LogP contribution in [0, 0.1) is 0 Å². The van der Waals surface area contributed by atoms with Crippen LogP contribution in [0.1, 0.15) is 0 Å². The third-order valence-corrected chi connectivity index (χ3v) is 9.59. The summed E-state index contributed by atoms with van der Waals surface area (Å²) in [5, 5.41) is 2.54. The van der Waals surface area contributed by atoms with E-state index in [9.17, 15) is 0 Å². The Morgan fingerprint density at radius 1 is 0.327 bits per heavy atom. The summed E-state index contributed by atoms with van der Waals surface area (Å²) < 4.78 is 2.45. The molecule has 1 aliphatic heterocycles. The molecule has 0 saturated carbocycles. The van der Waals surface area contributed by atoms with E-state index in [4.69, 9.17) is 15.0 Å². The summed E-state index contributed by atoms with van der Waals surface area (Å²) in [4.78, 5) is 14.9. The molecule has 0 fully saturated rings. The normalized spacial score (nSPS) is 11.7. The van der Waals surface area contributed by atoms with Gasteiger partial charge < -0.3 is 4.57 Å². The van der Waals surface area contributed by atoms with Crippen molar-refractivity contribution in [2.24, 2.45) is 0 Å². The second-order valence-electron chi connectivity index (χ2n) is 12.5. The number of fused-ring (bicyclic) bond motifs is 8. The maximum atomic E-state index is 4.99. The van der Waals surface area contributed by atoms with E-state index in [2.05, 4.69) is 114 Å². The smallest absolute Gasteiger partial charge is 0.164 e. The summed E-state index contributed by atoms with van der Waals surface area (Å²) in [7, 11) is 0. The van der Waals surface area contributed by atoms with Crippen LogP contribution in [0.25, 0.3) is 95.0 Å². The van der Waals surface area contributed by atoms with Gasteiger partial charge in [0.1, 0.15) is 0 Å². The van der Waals surface area contributed by atoms with Crippen molar-refractivity contribution in [3.63, 3.8) is 0 Å². The number of aromatic nitrogens is 4. The molecule has 0 spiro atoms. The number of nitrogens with zero attached hydrogens (tertiary/aromatic N) is 4. The minimum Gasteiger partial charge on any atom is -0.308 e. The van der Waals surface area contributed by atoms with Crippen LogP contribution in [0.15, 0.2) is 170 Å². The summed E-state index contributed by atoms with van der Waals surface area (Å²) in [6.45, 7) is 0. The van der Waals surface area contributed by atoms with Gasteiger partial charge in [0.25, 0.3) is 0 Å². The number of benzene rings is 7. The fourth-order valence-electron chi connectivity index (χ4n) is 7.34. The SMILES string of the molecule is c1ccc(-c2nc(-c3ccccc3)nc(-c3cccc(-c4ccc5c(c4)-c4ccccc4-c4cccc6c7ccccc7n-5c46)c3)n2)cc1. The summed E-state index contributed by atoms with van der Waals surface area (Å²) >= 11 is 0. The molecule has 10 rings (SSSR count). The summed E-state index contributed by atoms with van der Waals surface area (Å²) in [5.74, 6) is 1.95. The van der Waals surface area contributed by atoms with E-state index in [0.717, 1.165) is 27.8 Å². The Hall–Kier alpha value is -6.65. The molecule has 0 unspecified atom stereocenters. The molecule has 0 atom stereocenters. The molecule has 0 amide bonds. The monoisotopic (exact) mass is 624 g/mol. The summed E-state index contributed by atoms with van der Waals surface area (Å²) in [6, 6.07) is 59.9. The van der Waals surface area contributed by atoms with Gasteiger partial charge in [-0.1, -0.05) is 146 Å². The van der Waals surface area contributed by atoms with Crippen molar-refractivity contribution in [3.8, 4) is 73.2 Å². The lowest BCUT2D eigenvalue weighted by Crippen LogP contribution is -2.00. The largest absolute Gasteiger partial charge is 0.308 e. The predicted molar refractivity (Wildman–Crippen MR) is 200 cm³/mol. The molecule has 0 aliphatic carbocycles. The quantitative estimate of drug-likeness (QED) is 0.196. The zero-order valence-electron chi connectivity index (χ0n) is 26.5. The highest BCUT2D eigenvalue weighted by Crippen LogP contribution is 2.47. The third-order valence-electron chi connectivity index (χ3n) is 9.59. The van der Waals surface area contributed by atoms with Crippen LogP contribution in [-0.4, -0.2) is 19.5 Å². The highest BCUT2D eigenvalue weighted by Gasteiger charge is 2.24. The standard InChI is InChI=1S/C45H28N4/c1-3-13-29(14-4-1)43-46-44(30-15-5-2-6-16-30)48-45(47-43)33-18-11-17-31(27-33)32-25-26-41-39(28-32)35-20-8-7-19-34(35)37-22-12-23-38-36-21-9-10-24-40(36)49(41)42(37)38/h1-28H. The summed E-state index contributed by atoms with van der Waals surface area (Å²) in [5.41, 5.74) is 13.7. The first-order valence-electron chi connectivity index (χ1n) is 16.5. The first-order valence-corrected chi connectivity index (χ1v) is 16.5. The molecule has 1 aliphatic rings. The van der Waals surface area contributed by atoms with Crippen molar-refractivity contribution in [2.45, 2.75) is 0 Å². The average molecular weight is 625 g/mol. The van der Waals surface area contributed by atoms with Crippen molar-refractivity contribution in [1.82, 2.24) is 19.5 Å². The molecule has 3 heterocycles. The molecule has 0 saturated heterocycles. The van der Waals surface area contributed by atoms with Crippen molar-refractivity contribution < 1.29 is 0 Å². The lowest BCUT2D eigenvalue weighted by Gasteiger charge is -2.15. The van der Waals surface area contributed by atoms with Gasteiger partial charge in [-0.15, -0.1) is 0 Å². The number of hydrogen-bond acceptors (Lipinski definition) is 3. The maximum absolute atomic E-state index is 4.99. The zero-order valence-corrected chi connectivity index (χ0v) is 26.5. The van der Waals surface area contributed by atoms with Gasteiger partial charge in [0.15, 0.2) is 17.5 Å². The first kappa shape index (κ1) is 27.5. The molecule has 7 aromatic carbocycles. The molecule has 9 aromatic rings. The van der Waals surface area contributed by atoms with Gasteiger partial charge in [0.2, 0.25) is 0 Å². The van der Waals surface area contributed by atoms with Gasteiger partial charge in [-0.3, -0.25) is 0 Å². The van der Waals surface area contributed by atoms with Crippen LogP contribution in [0.3, 0.4) is 0 Å². The van der Waals surface area contributed by atoms with E-state index >= 15 is 0 Å². The van der Waals surface area contributed by atoms with Gasteiger partial charge in [-0.05, 0) is 46.5 Å². The first-order chi connectivity index (χ1) is 24.3. The van der Waals surface area contributed by atoms with Crippen molar-refractivity contribution in [3.05, 3.63) is 170 Å². The van der Waals surface area contributed by atoms with Gasteiger partial charge >= 0.3 is 0 Å². The second-order valence-corrected chi connectivity index (χ2v) is 12.5. The Labute approximate surface area is 283 Å². The van der Waals surface area contributed by atoms with E-state index < -0.39 is 0 Å². The Morgan fingerprint density at radius 3 is 1.57 bits per heavy atom. The van der Waals surface area contributed by atoms with E-state index in [1.165, 1.54) is 49.7 Å². The minimum absolute atomic E-state index is 0.645. The van der Waals surface area contributed by atoms with Gasteiger partial charge in [-0.2, -0.15) is 0 Å². The average Bonchev–Trinajstić information content (AvgIpc) is 3.46. The molecule has 4 heteroatoms. The van der Waals surface area contributed by atoms with E-state index in [0.29, 0.717) is 17.5 Å². The molecule has 2 aromatic heterocycles. The van der Waals surface area contributed by atoms with Gasteiger partial charge in [0, 0.05) is 38.6 Å². The van der Waals surface area contributed by atoms with Crippen LogP contribution in [0.4, 0.5) is 0 Å². The fraction of sp³-hybridized carbons (Fsp3) is 0. The Balaban J connectivity index is 1.16. The summed E-state index contributed by atoms with van der Waals surface area (Å²) in [6.07, 6.45) is 0. The lowest BCUT2D eigenvalue weighted by atomic mass is 9.91. The molecule has 49 heavy (non-hydrogen) atoms. The van der Waals surface area contributed by atoms with Gasteiger partial charge in [-0.25, -0.2) is 15.0 Å². The highest BCUT2D eigenvalue weighted by molar-refractivity contribution is 6.16. The van der Waals surface area contributed by atoms with Crippen molar-refractivity contribution in [1.29, 1.82) is 0 Å². The van der Waals surface area contributed by atoms with Crippen molar-refractivity contribution in [2.75, 3.05) is 0 Å². The van der Waals surface area contributed by atoms with E-state index in [1.54, 1.807) is 0 Å². The number of para-hydroxylation sites is 2. The lowest BCUT2D eigenvalue weighted by molar-refractivity contribution is 1.07. The van der Waals surface area contributed by atoms with E-state index in [1.807, 2.05) is 60.7 Å². The molecule has 0 N–H and O–H groups in total. The van der Waals surface area contributed by atoms with E-state index in [-0.39, 0.29) is 0 Å². The Bertz CT molecular complexity index is 2650. The van der Waals surface area contributed by atoms with Crippen LogP contribution < -0.4 is 0 Å². The highest BCUT2D eigenvalue weighted by atomic mass is 15.0. The van der Waals surface area contributed by atoms with Crippen LogP contribution in [0.5, 0.6) is 0 Å². The predicted octanol–water partition coefficient (Wildman–Crippen LogP) is 11.3. The maximum Gasteiger partial charge on any atom is 0.164 e. The molecule has 4 nitrogen and oxygen atoms in total. The van der Waals surface area contributed by atoms with Crippen LogP contribution in [0.2, 0.25) is 0 Å². The molecular formula is C45H28N4. The van der Waals surface area contributed by atoms with Crippen molar-refractivity contribution >= 4 is 21.8 Å². The molecule has 0 bridgehead atoms. The number of hydrogen-bond donors (Lipinski definition) is 0. The topological polar surface area (TPSA) is 43.6 Å². The van der Waals surface area contributed by atoms with Gasteiger partial charge in [0.05, 0.1) is 16.7 Å². The molecule has 0 radical (unpaired) electrons. The minimum atomic E-state index is 0.645. The fourth-order valence-corrected chi connectivity index (χ4v) is 7.34. The third kappa shape index (κ3) is 4.42.